The molecule has 0 aromatic carbocycles. The summed E-state index contributed by atoms with van der Waals surface area (Å²) in [7, 11) is 0. The first-order chi connectivity index (χ1) is 6.74. The second-order valence-corrected chi connectivity index (χ2v) is 5.09. The van der Waals surface area contributed by atoms with E-state index in [4.69, 9.17) is 9.84 Å². The van der Waals surface area contributed by atoms with Gasteiger partial charge in [-0.2, -0.15) is 0 Å². The summed E-state index contributed by atoms with van der Waals surface area (Å²) in [5, 5.41) is 9.07. The van der Waals surface area contributed by atoms with Crippen molar-refractivity contribution in [1.82, 2.24) is 0 Å². The van der Waals surface area contributed by atoms with E-state index in [2.05, 4.69) is 0 Å². The van der Waals surface area contributed by atoms with E-state index < -0.39 is 23.0 Å². The highest BCUT2D eigenvalue weighted by Crippen LogP contribution is 2.55. The fourth-order valence-electron chi connectivity index (χ4n) is 1.79. The Morgan fingerprint density at radius 3 is 2.27 bits per heavy atom. The lowest BCUT2D eigenvalue weighted by Crippen LogP contribution is -2.35. The molecule has 4 heteroatoms. The third-order valence-corrected chi connectivity index (χ3v) is 2.74. The second-order valence-electron chi connectivity index (χ2n) is 5.09. The Labute approximate surface area is 89.6 Å². The standard InChI is InChI=1S/C11H18O4/c1-5-7-6-11(7,8(12)13)9(14)15-10(2,3)4/h7H,5-6H2,1-4H3,(H,12,13)/t7-,11-/m1/s1. The molecule has 1 aliphatic carbocycles. The summed E-state index contributed by atoms with van der Waals surface area (Å²) in [6.45, 7) is 7.11. The first-order valence-corrected chi connectivity index (χ1v) is 5.21. The van der Waals surface area contributed by atoms with E-state index in [1.54, 1.807) is 20.8 Å². The van der Waals surface area contributed by atoms with Crippen LogP contribution in [0, 0.1) is 11.3 Å². The Kier molecular flexibility index (Phi) is 2.81. The molecule has 1 N–H and O–H groups in total. The van der Waals surface area contributed by atoms with E-state index in [-0.39, 0.29) is 5.92 Å². The van der Waals surface area contributed by atoms with Crippen LogP contribution in [-0.4, -0.2) is 22.6 Å². The van der Waals surface area contributed by atoms with Crippen LogP contribution in [0.4, 0.5) is 0 Å². The molecule has 0 aromatic rings. The maximum Gasteiger partial charge on any atom is 0.324 e. The molecule has 15 heavy (non-hydrogen) atoms. The highest BCUT2D eigenvalue weighted by Gasteiger charge is 2.66. The number of aliphatic carboxylic acids is 1. The van der Waals surface area contributed by atoms with Gasteiger partial charge in [-0.15, -0.1) is 0 Å². The molecule has 1 saturated carbocycles. The summed E-state index contributed by atoms with van der Waals surface area (Å²) in [5.41, 5.74) is -1.89. The summed E-state index contributed by atoms with van der Waals surface area (Å²) < 4.78 is 5.14. The fraction of sp³-hybridized carbons (Fsp3) is 0.818. The molecule has 0 bridgehead atoms. The average molecular weight is 214 g/mol. The number of hydrogen-bond acceptors (Lipinski definition) is 3. The summed E-state index contributed by atoms with van der Waals surface area (Å²) in [4.78, 5) is 22.8. The van der Waals surface area contributed by atoms with E-state index in [9.17, 15) is 9.59 Å². The molecule has 0 heterocycles. The van der Waals surface area contributed by atoms with Gasteiger partial charge in [0, 0.05) is 0 Å². The molecule has 0 unspecified atom stereocenters. The van der Waals surface area contributed by atoms with E-state index in [0.717, 1.165) is 0 Å². The van der Waals surface area contributed by atoms with Gasteiger partial charge in [0.1, 0.15) is 5.60 Å². The van der Waals surface area contributed by atoms with Crippen molar-refractivity contribution in [2.45, 2.75) is 46.1 Å². The topological polar surface area (TPSA) is 63.6 Å². The minimum atomic E-state index is -1.26. The molecule has 0 spiro atoms. The van der Waals surface area contributed by atoms with Crippen molar-refractivity contribution in [3.8, 4) is 0 Å². The minimum absolute atomic E-state index is 0.0650. The largest absolute Gasteiger partial charge is 0.480 e. The Bertz CT molecular complexity index is 289. The van der Waals surface area contributed by atoms with E-state index in [1.807, 2.05) is 6.92 Å². The summed E-state index contributed by atoms with van der Waals surface area (Å²) in [6.07, 6.45) is 1.11. The Morgan fingerprint density at radius 1 is 1.47 bits per heavy atom. The predicted octanol–water partition coefficient (Wildman–Crippen LogP) is 1.83. The molecule has 0 radical (unpaired) electrons. The fourth-order valence-corrected chi connectivity index (χ4v) is 1.79. The van der Waals surface area contributed by atoms with Crippen LogP contribution in [0.25, 0.3) is 0 Å². The number of rotatable bonds is 3. The van der Waals surface area contributed by atoms with Gasteiger partial charge in [0.15, 0.2) is 5.41 Å². The van der Waals surface area contributed by atoms with Crippen molar-refractivity contribution < 1.29 is 19.4 Å². The zero-order chi connectivity index (χ0) is 11.9. The number of carboxylic acid groups (broad SMARTS) is 1. The Balaban J connectivity index is 2.77. The molecular weight excluding hydrogens is 196 g/mol. The molecule has 2 atom stereocenters. The van der Waals surface area contributed by atoms with E-state index >= 15 is 0 Å². The van der Waals surface area contributed by atoms with Crippen LogP contribution in [0.2, 0.25) is 0 Å². The van der Waals surface area contributed by atoms with Crippen LogP contribution >= 0.6 is 0 Å². The third-order valence-electron chi connectivity index (χ3n) is 2.74. The third kappa shape index (κ3) is 2.13. The van der Waals surface area contributed by atoms with E-state index in [1.165, 1.54) is 0 Å². The molecule has 1 fully saturated rings. The van der Waals surface area contributed by atoms with Crippen molar-refractivity contribution in [2.24, 2.45) is 11.3 Å². The molecule has 1 aliphatic rings. The van der Waals surface area contributed by atoms with Gasteiger partial charge >= 0.3 is 11.9 Å². The van der Waals surface area contributed by atoms with Crippen LogP contribution in [0.3, 0.4) is 0 Å². The number of ether oxygens (including phenoxy) is 1. The lowest BCUT2D eigenvalue weighted by atomic mass is 10.0. The van der Waals surface area contributed by atoms with Crippen LogP contribution in [0.15, 0.2) is 0 Å². The summed E-state index contributed by atoms with van der Waals surface area (Å²) in [5.74, 6) is -1.71. The van der Waals surface area contributed by atoms with E-state index in [0.29, 0.717) is 12.8 Å². The predicted molar refractivity (Wildman–Crippen MR) is 54.3 cm³/mol. The van der Waals surface area contributed by atoms with Crippen molar-refractivity contribution in [3.05, 3.63) is 0 Å². The van der Waals surface area contributed by atoms with Gasteiger partial charge in [0.05, 0.1) is 0 Å². The Morgan fingerprint density at radius 2 is 2.00 bits per heavy atom. The smallest absolute Gasteiger partial charge is 0.324 e. The molecule has 1 rings (SSSR count). The van der Waals surface area contributed by atoms with Crippen molar-refractivity contribution >= 4 is 11.9 Å². The van der Waals surface area contributed by atoms with Crippen LogP contribution in [0.1, 0.15) is 40.5 Å². The van der Waals surface area contributed by atoms with Crippen molar-refractivity contribution in [2.75, 3.05) is 0 Å². The number of carbonyl (C=O) groups is 2. The molecule has 0 aromatic heterocycles. The summed E-state index contributed by atoms with van der Waals surface area (Å²) >= 11 is 0. The van der Waals surface area contributed by atoms with Crippen molar-refractivity contribution in [3.63, 3.8) is 0 Å². The lowest BCUT2D eigenvalue weighted by molar-refractivity contribution is -0.170. The molecule has 0 saturated heterocycles. The molecule has 86 valence electrons. The molecule has 0 amide bonds. The maximum absolute atomic E-state index is 11.8. The highest BCUT2D eigenvalue weighted by atomic mass is 16.6. The molecule has 4 nitrogen and oxygen atoms in total. The Hall–Kier alpha value is -1.06. The SMILES string of the molecule is CC[C@@H]1C[C@@]1(C(=O)O)C(=O)OC(C)(C)C. The minimum Gasteiger partial charge on any atom is -0.480 e. The average Bonchev–Trinajstić information content (AvgIpc) is 2.75. The van der Waals surface area contributed by atoms with Crippen molar-refractivity contribution in [1.29, 1.82) is 0 Å². The number of carbonyl (C=O) groups excluding carboxylic acids is 1. The summed E-state index contributed by atoms with van der Waals surface area (Å²) in [6, 6.07) is 0. The highest BCUT2D eigenvalue weighted by molar-refractivity contribution is 6.03. The van der Waals surface area contributed by atoms with Crippen LogP contribution < -0.4 is 0 Å². The first kappa shape index (κ1) is 12.0. The second kappa shape index (κ2) is 3.51. The van der Waals surface area contributed by atoms with Crippen LogP contribution in [0.5, 0.6) is 0 Å². The normalized spacial score (nSPS) is 29.7. The van der Waals surface area contributed by atoms with Gasteiger partial charge in [-0.05, 0) is 33.1 Å². The number of esters is 1. The van der Waals surface area contributed by atoms with Gasteiger partial charge in [-0.3, -0.25) is 9.59 Å². The van der Waals surface area contributed by atoms with Crippen LogP contribution in [-0.2, 0) is 14.3 Å². The van der Waals surface area contributed by atoms with Gasteiger partial charge in [0.25, 0.3) is 0 Å². The number of carboxylic acids is 1. The molecular formula is C11H18O4. The molecule has 0 aliphatic heterocycles. The lowest BCUT2D eigenvalue weighted by Gasteiger charge is -2.22. The first-order valence-electron chi connectivity index (χ1n) is 5.21. The van der Waals surface area contributed by atoms with Gasteiger partial charge < -0.3 is 9.84 Å². The zero-order valence-electron chi connectivity index (χ0n) is 9.66. The van der Waals surface area contributed by atoms with Gasteiger partial charge in [-0.25, -0.2) is 0 Å². The van der Waals surface area contributed by atoms with Gasteiger partial charge in [-0.1, -0.05) is 13.3 Å². The quantitative estimate of drug-likeness (QED) is 0.575. The zero-order valence-corrected chi connectivity index (χ0v) is 9.66. The maximum atomic E-state index is 11.8. The van der Waals surface area contributed by atoms with Gasteiger partial charge in [0.2, 0.25) is 0 Å². The number of hydrogen-bond donors (Lipinski definition) is 1. The monoisotopic (exact) mass is 214 g/mol.